The number of amides is 1. The third-order valence-electron chi connectivity index (χ3n) is 3.82. The van der Waals surface area contributed by atoms with Crippen LogP contribution in [-0.2, 0) is 13.5 Å². The van der Waals surface area contributed by atoms with E-state index in [0.717, 1.165) is 11.3 Å². The number of carbonyl (C=O) groups is 1. The van der Waals surface area contributed by atoms with Gasteiger partial charge in [-0.25, -0.2) is 4.39 Å². The summed E-state index contributed by atoms with van der Waals surface area (Å²) in [5.74, 6) is -0.413. The second-order valence-corrected chi connectivity index (χ2v) is 5.73. The molecule has 0 fully saturated rings. The number of hydrogen-bond donors (Lipinski definition) is 1. The number of hydrogen-bond acceptors (Lipinski definition) is 2. The fourth-order valence-corrected chi connectivity index (χ4v) is 2.50. The van der Waals surface area contributed by atoms with Crippen molar-refractivity contribution < 1.29 is 9.18 Å². The first-order chi connectivity index (χ1) is 10.9. The van der Waals surface area contributed by atoms with Crippen molar-refractivity contribution in [2.24, 2.45) is 7.05 Å². The van der Waals surface area contributed by atoms with Crippen LogP contribution in [0.5, 0.6) is 0 Å². The zero-order valence-corrected chi connectivity index (χ0v) is 13.8. The molecule has 4 nitrogen and oxygen atoms in total. The molecule has 1 atom stereocenters. The molecule has 1 amide bonds. The predicted molar refractivity (Wildman–Crippen MR) is 88.9 cm³/mol. The number of rotatable bonds is 6. The number of nitrogens with zero attached hydrogens (tertiary/aromatic N) is 2. The summed E-state index contributed by atoms with van der Waals surface area (Å²) in [7, 11) is 1.81. The number of carbonyl (C=O) groups excluding carboxylic acids is 1. The summed E-state index contributed by atoms with van der Waals surface area (Å²) in [4.78, 5) is 12.6. The second kappa shape index (κ2) is 7.22. The summed E-state index contributed by atoms with van der Waals surface area (Å²) in [5, 5.41) is 7.41. The molecule has 23 heavy (non-hydrogen) atoms. The normalized spacial score (nSPS) is 12.0. The van der Waals surface area contributed by atoms with Gasteiger partial charge in [-0.05, 0) is 38.0 Å². The molecule has 122 valence electrons. The van der Waals surface area contributed by atoms with E-state index in [2.05, 4.69) is 17.0 Å². The van der Waals surface area contributed by atoms with Crippen LogP contribution in [0.1, 0.15) is 40.7 Å². The van der Waals surface area contributed by atoms with Crippen molar-refractivity contribution in [1.82, 2.24) is 15.1 Å². The molecule has 0 saturated carbocycles. The van der Waals surface area contributed by atoms with Gasteiger partial charge in [0.25, 0.3) is 5.91 Å². The Labute approximate surface area is 136 Å². The zero-order chi connectivity index (χ0) is 17.0. The standard InChI is InChI=1S/C18H22FN3O/c1-5-6-12(2)20-18(23)17-13(3)22(4)21-16(17)11-14-7-9-15(19)10-8-14/h5,7-10,12H,1,6,11H2,2-4H3,(H,20,23). The Morgan fingerprint density at radius 1 is 1.43 bits per heavy atom. The summed E-state index contributed by atoms with van der Waals surface area (Å²) in [6.45, 7) is 7.49. The van der Waals surface area contributed by atoms with Crippen LogP contribution in [0.2, 0.25) is 0 Å². The number of nitrogens with one attached hydrogen (secondary N) is 1. The van der Waals surface area contributed by atoms with Crippen LogP contribution < -0.4 is 5.32 Å². The van der Waals surface area contributed by atoms with Crippen LogP contribution in [0.3, 0.4) is 0 Å². The average molecular weight is 315 g/mol. The van der Waals surface area contributed by atoms with Crippen LogP contribution in [-0.4, -0.2) is 21.7 Å². The molecule has 0 spiro atoms. The van der Waals surface area contributed by atoms with Gasteiger partial charge >= 0.3 is 0 Å². The number of aromatic nitrogens is 2. The van der Waals surface area contributed by atoms with Crippen molar-refractivity contribution in [2.45, 2.75) is 32.7 Å². The Morgan fingerprint density at radius 3 is 2.70 bits per heavy atom. The number of aryl methyl sites for hydroxylation is 1. The van der Waals surface area contributed by atoms with Crippen LogP contribution >= 0.6 is 0 Å². The van der Waals surface area contributed by atoms with Crippen molar-refractivity contribution >= 4 is 5.91 Å². The third kappa shape index (κ3) is 4.06. The minimum Gasteiger partial charge on any atom is -0.349 e. The Bertz CT molecular complexity index is 704. The minimum atomic E-state index is -0.276. The Balaban J connectivity index is 2.26. The summed E-state index contributed by atoms with van der Waals surface area (Å²) < 4.78 is 14.7. The van der Waals surface area contributed by atoms with Crippen LogP contribution in [0, 0.1) is 12.7 Å². The van der Waals surface area contributed by atoms with Gasteiger partial charge in [-0.2, -0.15) is 5.10 Å². The molecule has 0 saturated heterocycles. The molecule has 2 rings (SSSR count). The van der Waals surface area contributed by atoms with Crippen molar-refractivity contribution in [3.63, 3.8) is 0 Å². The molecule has 1 aromatic heterocycles. The quantitative estimate of drug-likeness (QED) is 0.832. The van der Waals surface area contributed by atoms with E-state index in [4.69, 9.17) is 0 Å². The molecule has 1 heterocycles. The summed E-state index contributed by atoms with van der Waals surface area (Å²) in [5.41, 5.74) is 3.01. The molecule has 5 heteroatoms. The molecule has 1 unspecified atom stereocenters. The summed E-state index contributed by atoms with van der Waals surface area (Å²) in [6.07, 6.45) is 2.97. The van der Waals surface area contributed by atoms with E-state index >= 15 is 0 Å². The molecule has 1 aromatic carbocycles. The molecular weight excluding hydrogens is 293 g/mol. The van der Waals surface area contributed by atoms with Gasteiger partial charge in [0.1, 0.15) is 5.82 Å². The first-order valence-corrected chi connectivity index (χ1v) is 7.61. The van der Waals surface area contributed by atoms with Crippen molar-refractivity contribution in [2.75, 3.05) is 0 Å². The summed E-state index contributed by atoms with van der Waals surface area (Å²) >= 11 is 0. The van der Waals surface area contributed by atoms with Crippen LogP contribution in [0.4, 0.5) is 4.39 Å². The highest BCUT2D eigenvalue weighted by Gasteiger charge is 2.21. The second-order valence-electron chi connectivity index (χ2n) is 5.73. The number of halogens is 1. The van der Waals surface area contributed by atoms with Gasteiger partial charge in [0.05, 0.1) is 11.3 Å². The Hall–Kier alpha value is -2.43. The molecule has 0 aliphatic rings. The smallest absolute Gasteiger partial charge is 0.255 e. The largest absolute Gasteiger partial charge is 0.349 e. The Kier molecular flexibility index (Phi) is 5.32. The highest BCUT2D eigenvalue weighted by atomic mass is 19.1. The van der Waals surface area contributed by atoms with Gasteiger partial charge in [0.15, 0.2) is 0 Å². The van der Waals surface area contributed by atoms with Gasteiger partial charge in [-0.3, -0.25) is 9.48 Å². The van der Waals surface area contributed by atoms with Gasteiger partial charge in [0, 0.05) is 25.2 Å². The van der Waals surface area contributed by atoms with E-state index in [-0.39, 0.29) is 17.8 Å². The lowest BCUT2D eigenvalue weighted by Gasteiger charge is -2.12. The topological polar surface area (TPSA) is 46.9 Å². The van der Waals surface area contributed by atoms with Gasteiger partial charge in [-0.1, -0.05) is 18.2 Å². The lowest BCUT2D eigenvalue weighted by molar-refractivity contribution is 0.0939. The van der Waals surface area contributed by atoms with Crippen molar-refractivity contribution in [3.05, 3.63) is 65.3 Å². The average Bonchev–Trinajstić information content (AvgIpc) is 2.76. The highest BCUT2D eigenvalue weighted by Crippen LogP contribution is 2.17. The third-order valence-corrected chi connectivity index (χ3v) is 3.82. The maximum absolute atomic E-state index is 13.0. The predicted octanol–water partition coefficient (Wildman–Crippen LogP) is 3.15. The summed E-state index contributed by atoms with van der Waals surface area (Å²) in [6, 6.07) is 6.26. The van der Waals surface area contributed by atoms with E-state index in [0.29, 0.717) is 24.1 Å². The maximum atomic E-state index is 13.0. The van der Waals surface area contributed by atoms with Crippen LogP contribution in [0.15, 0.2) is 36.9 Å². The molecular formula is C18H22FN3O. The molecule has 0 radical (unpaired) electrons. The molecule has 0 bridgehead atoms. The SMILES string of the molecule is C=CCC(C)NC(=O)c1c(Cc2ccc(F)cc2)nn(C)c1C. The highest BCUT2D eigenvalue weighted by molar-refractivity contribution is 5.96. The van der Waals surface area contributed by atoms with E-state index in [1.165, 1.54) is 12.1 Å². The lowest BCUT2D eigenvalue weighted by Crippen LogP contribution is -2.33. The lowest BCUT2D eigenvalue weighted by atomic mass is 10.0. The van der Waals surface area contributed by atoms with E-state index in [1.807, 2.05) is 20.9 Å². The number of benzene rings is 1. The van der Waals surface area contributed by atoms with E-state index in [1.54, 1.807) is 22.9 Å². The first kappa shape index (κ1) is 16.9. The molecule has 0 aliphatic carbocycles. The van der Waals surface area contributed by atoms with Gasteiger partial charge in [0.2, 0.25) is 0 Å². The van der Waals surface area contributed by atoms with Crippen molar-refractivity contribution in [1.29, 1.82) is 0 Å². The minimum absolute atomic E-state index is 0.0123. The monoisotopic (exact) mass is 315 g/mol. The molecule has 1 N–H and O–H groups in total. The Morgan fingerprint density at radius 2 is 2.09 bits per heavy atom. The maximum Gasteiger partial charge on any atom is 0.255 e. The fourth-order valence-electron chi connectivity index (χ4n) is 2.50. The van der Waals surface area contributed by atoms with Gasteiger partial charge < -0.3 is 5.32 Å². The van der Waals surface area contributed by atoms with Crippen molar-refractivity contribution in [3.8, 4) is 0 Å². The molecule has 2 aromatic rings. The van der Waals surface area contributed by atoms with E-state index < -0.39 is 0 Å². The van der Waals surface area contributed by atoms with Gasteiger partial charge in [-0.15, -0.1) is 6.58 Å². The van der Waals surface area contributed by atoms with Crippen LogP contribution in [0.25, 0.3) is 0 Å². The fraction of sp³-hybridized carbons (Fsp3) is 0.333. The molecule has 0 aliphatic heterocycles. The zero-order valence-electron chi connectivity index (χ0n) is 13.8. The first-order valence-electron chi connectivity index (χ1n) is 7.61. The van der Waals surface area contributed by atoms with E-state index in [9.17, 15) is 9.18 Å².